The topological polar surface area (TPSA) is 72.7 Å². The van der Waals surface area contributed by atoms with E-state index in [-0.39, 0.29) is 18.3 Å². The van der Waals surface area contributed by atoms with Crippen LogP contribution in [0.4, 0.5) is 0 Å². The van der Waals surface area contributed by atoms with Crippen molar-refractivity contribution in [2.45, 2.75) is 32.1 Å². The molecule has 0 aromatic heterocycles. The summed E-state index contributed by atoms with van der Waals surface area (Å²) in [5, 5.41) is 13.5. The van der Waals surface area contributed by atoms with E-state index < -0.39 is 5.41 Å². The largest absolute Gasteiger partial charge is 0.493 e. The summed E-state index contributed by atoms with van der Waals surface area (Å²) in [7, 11) is 4.86. The molecule has 1 unspecified atom stereocenters. The van der Waals surface area contributed by atoms with Gasteiger partial charge in [0.1, 0.15) is 6.61 Å². The molecule has 1 N–H and O–H groups in total. The molecule has 0 amide bonds. The fourth-order valence-corrected chi connectivity index (χ4v) is 3.72. The summed E-state index contributed by atoms with van der Waals surface area (Å²) >= 11 is 0. The molecule has 0 bridgehead atoms. The molecule has 2 aromatic rings. The Balaban J connectivity index is 0.00000512. The minimum Gasteiger partial charge on any atom is -0.493 e. The molecule has 2 aromatic carbocycles. The Labute approximate surface area is 198 Å². The van der Waals surface area contributed by atoms with Crippen molar-refractivity contribution in [3.05, 3.63) is 48.0 Å². The number of halogens is 1. The SMILES string of the molecule is COc1ccc(C(C#N)(CCCNCCOc2ccccc2OC)C(C)C)cc1OC.Cl. The normalized spacial score (nSPS) is 12.3. The fraction of sp³-hybridized carbons (Fsp3) is 0.480. The molecular weight excluding hydrogens is 428 g/mol. The monoisotopic (exact) mass is 462 g/mol. The second-order valence-corrected chi connectivity index (χ2v) is 7.66. The summed E-state index contributed by atoms with van der Waals surface area (Å²) in [6, 6.07) is 16.0. The Morgan fingerprint density at radius 2 is 1.53 bits per heavy atom. The predicted octanol–water partition coefficient (Wildman–Crippen LogP) is 5.00. The van der Waals surface area contributed by atoms with Crippen LogP contribution in [-0.4, -0.2) is 41.0 Å². The zero-order valence-corrected chi connectivity index (χ0v) is 20.5. The molecular formula is C25H35ClN2O4. The smallest absolute Gasteiger partial charge is 0.161 e. The number of nitriles is 1. The van der Waals surface area contributed by atoms with E-state index in [0.717, 1.165) is 43.0 Å². The molecule has 0 aliphatic heterocycles. The van der Waals surface area contributed by atoms with Crippen LogP contribution in [0.1, 0.15) is 32.3 Å². The first-order valence-corrected chi connectivity index (χ1v) is 10.6. The van der Waals surface area contributed by atoms with Gasteiger partial charge >= 0.3 is 0 Å². The zero-order chi connectivity index (χ0) is 22.7. The van der Waals surface area contributed by atoms with E-state index in [1.165, 1.54) is 0 Å². The summed E-state index contributed by atoms with van der Waals surface area (Å²) < 4.78 is 21.9. The highest BCUT2D eigenvalue weighted by atomic mass is 35.5. The molecule has 0 heterocycles. The molecule has 1 atom stereocenters. The van der Waals surface area contributed by atoms with E-state index in [2.05, 4.69) is 25.2 Å². The summed E-state index contributed by atoms with van der Waals surface area (Å²) in [6.07, 6.45) is 1.62. The average molecular weight is 463 g/mol. The average Bonchev–Trinajstić information content (AvgIpc) is 2.80. The van der Waals surface area contributed by atoms with Crippen molar-refractivity contribution in [1.29, 1.82) is 5.26 Å². The number of hydrogen-bond donors (Lipinski definition) is 1. The molecule has 32 heavy (non-hydrogen) atoms. The standard InChI is InChI=1S/C25H34N2O4.ClH/c1-19(2)25(18-26,20-11-12-22(29-4)24(17-20)30-5)13-8-14-27-15-16-31-23-10-7-6-9-21(23)28-3;/h6-7,9-12,17,19,27H,8,13-16H2,1-5H3;1H. The van der Waals surface area contributed by atoms with Crippen LogP contribution in [0.15, 0.2) is 42.5 Å². The molecule has 176 valence electrons. The second-order valence-electron chi connectivity index (χ2n) is 7.66. The van der Waals surface area contributed by atoms with Gasteiger partial charge in [-0.05, 0) is 55.1 Å². The van der Waals surface area contributed by atoms with Gasteiger partial charge in [0.2, 0.25) is 0 Å². The van der Waals surface area contributed by atoms with Gasteiger partial charge in [0.15, 0.2) is 23.0 Å². The molecule has 0 fully saturated rings. The molecule has 0 spiro atoms. The van der Waals surface area contributed by atoms with Gasteiger partial charge in [-0.2, -0.15) is 5.26 Å². The number of nitrogens with zero attached hydrogens (tertiary/aromatic N) is 1. The van der Waals surface area contributed by atoms with Gasteiger partial charge in [-0.15, -0.1) is 12.4 Å². The lowest BCUT2D eigenvalue weighted by Gasteiger charge is -2.32. The Bertz CT molecular complexity index is 869. The van der Waals surface area contributed by atoms with Crippen LogP contribution in [0.25, 0.3) is 0 Å². The van der Waals surface area contributed by atoms with Crippen molar-refractivity contribution in [2.24, 2.45) is 5.92 Å². The van der Waals surface area contributed by atoms with E-state index >= 15 is 0 Å². The number of ether oxygens (including phenoxy) is 4. The maximum atomic E-state index is 10.1. The minimum atomic E-state index is -0.588. The van der Waals surface area contributed by atoms with E-state index in [1.54, 1.807) is 21.3 Å². The summed E-state index contributed by atoms with van der Waals surface area (Å²) in [6.45, 7) is 6.25. The maximum absolute atomic E-state index is 10.1. The van der Waals surface area contributed by atoms with Crippen molar-refractivity contribution in [3.63, 3.8) is 0 Å². The van der Waals surface area contributed by atoms with Crippen LogP contribution < -0.4 is 24.3 Å². The second kappa shape index (κ2) is 13.7. The predicted molar refractivity (Wildman–Crippen MR) is 130 cm³/mol. The molecule has 0 saturated carbocycles. The molecule has 0 saturated heterocycles. The number of rotatable bonds is 13. The van der Waals surface area contributed by atoms with Crippen molar-refractivity contribution in [2.75, 3.05) is 41.0 Å². The van der Waals surface area contributed by atoms with Crippen LogP contribution in [0.2, 0.25) is 0 Å². The molecule has 0 aliphatic rings. The quantitative estimate of drug-likeness (QED) is 0.422. The third-order valence-electron chi connectivity index (χ3n) is 5.61. The summed E-state index contributed by atoms with van der Waals surface area (Å²) in [5.74, 6) is 2.94. The highest BCUT2D eigenvalue weighted by Gasteiger charge is 2.36. The van der Waals surface area contributed by atoms with Crippen LogP contribution in [0.5, 0.6) is 23.0 Å². The summed E-state index contributed by atoms with van der Waals surface area (Å²) in [5.41, 5.74) is 0.372. The van der Waals surface area contributed by atoms with Crippen molar-refractivity contribution >= 4 is 12.4 Å². The molecule has 7 heteroatoms. The van der Waals surface area contributed by atoms with Gasteiger partial charge in [0.05, 0.1) is 32.8 Å². The fourth-order valence-electron chi connectivity index (χ4n) is 3.72. The summed E-state index contributed by atoms with van der Waals surface area (Å²) in [4.78, 5) is 0. The molecule has 0 aliphatic carbocycles. The van der Waals surface area contributed by atoms with Gasteiger partial charge in [0.25, 0.3) is 0 Å². The van der Waals surface area contributed by atoms with Crippen LogP contribution in [0, 0.1) is 17.2 Å². The van der Waals surface area contributed by atoms with Gasteiger partial charge in [-0.1, -0.05) is 32.0 Å². The van der Waals surface area contributed by atoms with E-state index in [1.807, 2.05) is 42.5 Å². The molecule has 6 nitrogen and oxygen atoms in total. The lowest BCUT2D eigenvalue weighted by Crippen LogP contribution is -2.32. The van der Waals surface area contributed by atoms with Crippen LogP contribution >= 0.6 is 12.4 Å². The third kappa shape index (κ3) is 6.69. The number of benzene rings is 2. The Kier molecular flexibility index (Phi) is 11.8. The number of methoxy groups -OCH3 is 3. The Morgan fingerprint density at radius 1 is 0.906 bits per heavy atom. The highest BCUT2D eigenvalue weighted by Crippen LogP contribution is 2.40. The van der Waals surface area contributed by atoms with Crippen LogP contribution in [-0.2, 0) is 5.41 Å². The Morgan fingerprint density at radius 3 is 2.12 bits per heavy atom. The lowest BCUT2D eigenvalue weighted by atomic mass is 9.70. The number of para-hydroxylation sites is 2. The third-order valence-corrected chi connectivity index (χ3v) is 5.61. The number of hydrogen-bond acceptors (Lipinski definition) is 6. The first kappa shape index (κ1) is 27.4. The van der Waals surface area contributed by atoms with Crippen molar-refractivity contribution < 1.29 is 18.9 Å². The zero-order valence-electron chi connectivity index (χ0n) is 19.6. The van der Waals surface area contributed by atoms with Gasteiger partial charge < -0.3 is 24.3 Å². The van der Waals surface area contributed by atoms with Crippen LogP contribution in [0.3, 0.4) is 0 Å². The van der Waals surface area contributed by atoms with E-state index in [0.29, 0.717) is 18.1 Å². The molecule has 0 radical (unpaired) electrons. The first-order valence-electron chi connectivity index (χ1n) is 10.6. The number of nitrogens with one attached hydrogen (secondary N) is 1. The van der Waals surface area contributed by atoms with Gasteiger partial charge in [-0.3, -0.25) is 0 Å². The lowest BCUT2D eigenvalue weighted by molar-refractivity contribution is 0.290. The highest BCUT2D eigenvalue weighted by molar-refractivity contribution is 5.85. The van der Waals surface area contributed by atoms with Gasteiger partial charge in [-0.25, -0.2) is 0 Å². The maximum Gasteiger partial charge on any atom is 0.161 e. The van der Waals surface area contributed by atoms with E-state index in [4.69, 9.17) is 18.9 Å². The van der Waals surface area contributed by atoms with Crippen molar-refractivity contribution in [1.82, 2.24) is 5.32 Å². The Hall–Kier alpha value is -2.62. The van der Waals surface area contributed by atoms with E-state index in [9.17, 15) is 5.26 Å². The molecule has 2 rings (SSSR count). The van der Waals surface area contributed by atoms with Crippen molar-refractivity contribution in [3.8, 4) is 29.1 Å². The van der Waals surface area contributed by atoms with Gasteiger partial charge in [0, 0.05) is 6.54 Å². The minimum absolute atomic E-state index is 0. The first-order chi connectivity index (χ1) is 15.0.